The van der Waals surface area contributed by atoms with Crippen molar-refractivity contribution in [1.82, 2.24) is 10.2 Å². The maximum absolute atomic E-state index is 13.1. The summed E-state index contributed by atoms with van der Waals surface area (Å²) >= 11 is 0. The van der Waals surface area contributed by atoms with Crippen molar-refractivity contribution in [2.24, 2.45) is 5.92 Å². The third kappa shape index (κ3) is 4.61. The van der Waals surface area contributed by atoms with Gasteiger partial charge in [0.05, 0.1) is 11.3 Å². The number of hydrogen-bond acceptors (Lipinski definition) is 2. The molecule has 148 valence electrons. The van der Waals surface area contributed by atoms with E-state index in [-0.39, 0.29) is 17.7 Å². The first-order chi connectivity index (χ1) is 13.4. The van der Waals surface area contributed by atoms with Crippen LogP contribution in [0.15, 0.2) is 54.6 Å². The van der Waals surface area contributed by atoms with Crippen molar-refractivity contribution in [1.29, 1.82) is 0 Å². The Morgan fingerprint density at radius 3 is 2.43 bits per heavy atom. The van der Waals surface area contributed by atoms with E-state index in [1.165, 1.54) is 11.1 Å². The van der Waals surface area contributed by atoms with E-state index < -0.39 is 5.41 Å². The Morgan fingerprint density at radius 2 is 1.75 bits per heavy atom. The lowest BCUT2D eigenvalue weighted by molar-refractivity contribution is -0.135. The van der Waals surface area contributed by atoms with Crippen molar-refractivity contribution in [3.63, 3.8) is 0 Å². The molecule has 28 heavy (non-hydrogen) atoms. The number of carbonyl (C=O) groups is 2. The average molecular weight is 379 g/mol. The van der Waals surface area contributed by atoms with Gasteiger partial charge in [0, 0.05) is 19.6 Å². The molecule has 2 amide bonds. The molecule has 0 saturated carbocycles. The van der Waals surface area contributed by atoms with Gasteiger partial charge in [0.25, 0.3) is 0 Å². The molecule has 0 radical (unpaired) electrons. The average Bonchev–Trinajstić information content (AvgIpc) is 3.18. The molecular formula is C24H30N2O2. The van der Waals surface area contributed by atoms with Crippen molar-refractivity contribution < 1.29 is 9.59 Å². The normalized spacial score (nSPS) is 16.8. The molecule has 1 atom stereocenters. The van der Waals surface area contributed by atoms with Crippen LogP contribution in [0.4, 0.5) is 0 Å². The molecule has 0 aromatic heterocycles. The van der Waals surface area contributed by atoms with E-state index in [0.717, 1.165) is 18.4 Å². The number of aryl methyl sites for hydroxylation is 1. The summed E-state index contributed by atoms with van der Waals surface area (Å²) in [6.45, 7) is 7.75. The van der Waals surface area contributed by atoms with Gasteiger partial charge in [-0.1, -0.05) is 60.2 Å². The van der Waals surface area contributed by atoms with Crippen LogP contribution in [-0.2, 0) is 21.4 Å². The lowest BCUT2D eigenvalue weighted by atomic mass is 9.83. The molecule has 1 N–H and O–H groups in total. The zero-order valence-corrected chi connectivity index (χ0v) is 17.1. The molecule has 0 spiro atoms. The lowest BCUT2D eigenvalue weighted by Gasteiger charge is -2.30. The van der Waals surface area contributed by atoms with Gasteiger partial charge in [-0.15, -0.1) is 0 Å². The summed E-state index contributed by atoms with van der Waals surface area (Å²) in [5.41, 5.74) is 2.82. The van der Waals surface area contributed by atoms with E-state index >= 15 is 0 Å². The largest absolute Gasteiger partial charge is 0.355 e. The molecule has 0 unspecified atom stereocenters. The third-order valence-corrected chi connectivity index (χ3v) is 5.71. The van der Waals surface area contributed by atoms with Gasteiger partial charge in [0.2, 0.25) is 11.8 Å². The minimum Gasteiger partial charge on any atom is -0.355 e. The van der Waals surface area contributed by atoms with E-state index in [1.807, 2.05) is 68.1 Å². The molecule has 4 heteroatoms. The van der Waals surface area contributed by atoms with E-state index in [2.05, 4.69) is 17.4 Å². The highest BCUT2D eigenvalue weighted by Gasteiger charge is 2.38. The molecule has 4 nitrogen and oxygen atoms in total. The highest BCUT2D eigenvalue weighted by Crippen LogP contribution is 2.29. The summed E-state index contributed by atoms with van der Waals surface area (Å²) in [6, 6.07) is 18.3. The molecule has 0 aliphatic carbocycles. The van der Waals surface area contributed by atoms with Crippen LogP contribution in [-0.4, -0.2) is 36.3 Å². The second-order valence-corrected chi connectivity index (χ2v) is 8.25. The number of amides is 2. The Balaban J connectivity index is 1.53. The molecule has 1 heterocycles. The zero-order chi connectivity index (χ0) is 20.1. The van der Waals surface area contributed by atoms with Crippen molar-refractivity contribution in [2.45, 2.75) is 39.0 Å². The molecule has 1 fully saturated rings. The summed E-state index contributed by atoms with van der Waals surface area (Å²) in [5.74, 6) is 0.0313. The summed E-state index contributed by atoms with van der Waals surface area (Å²) in [7, 11) is 0. The zero-order valence-electron chi connectivity index (χ0n) is 17.1. The van der Waals surface area contributed by atoms with Gasteiger partial charge in [-0.2, -0.15) is 0 Å². The summed E-state index contributed by atoms with van der Waals surface area (Å²) in [5, 5.41) is 3.03. The molecule has 3 rings (SSSR count). The van der Waals surface area contributed by atoms with Crippen LogP contribution in [0.2, 0.25) is 0 Å². The monoisotopic (exact) mass is 378 g/mol. The SMILES string of the molecule is Cc1ccc(C(C)(C)C(=O)N2CC[C@H](C(=O)NCCc3ccccc3)C2)cc1. The first-order valence-electron chi connectivity index (χ1n) is 10.1. The van der Waals surface area contributed by atoms with Gasteiger partial charge in [0.15, 0.2) is 0 Å². The van der Waals surface area contributed by atoms with Crippen molar-refractivity contribution in [3.05, 3.63) is 71.3 Å². The molecule has 1 aliphatic rings. The van der Waals surface area contributed by atoms with Gasteiger partial charge < -0.3 is 10.2 Å². The van der Waals surface area contributed by atoms with Crippen molar-refractivity contribution in [2.75, 3.05) is 19.6 Å². The van der Waals surface area contributed by atoms with Crippen molar-refractivity contribution in [3.8, 4) is 0 Å². The summed E-state index contributed by atoms with van der Waals surface area (Å²) in [4.78, 5) is 27.5. The Bertz CT molecular complexity index is 812. The first-order valence-corrected chi connectivity index (χ1v) is 10.1. The van der Waals surface area contributed by atoms with Crippen LogP contribution in [0, 0.1) is 12.8 Å². The van der Waals surface area contributed by atoms with Gasteiger partial charge in [0.1, 0.15) is 0 Å². The minimum absolute atomic E-state index is 0.0550. The maximum atomic E-state index is 13.1. The number of likely N-dealkylation sites (tertiary alicyclic amines) is 1. The maximum Gasteiger partial charge on any atom is 0.232 e. The van der Waals surface area contributed by atoms with Gasteiger partial charge in [-0.25, -0.2) is 0 Å². The van der Waals surface area contributed by atoms with Crippen LogP contribution >= 0.6 is 0 Å². The first kappa shape index (κ1) is 20.1. The number of hydrogen-bond donors (Lipinski definition) is 1. The molecule has 1 aliphatic heterocycles. The number of nitrogens with zero attached hydrogens (tertiary/aromatic N) is 1. The highest BCUT2D eigenvalue weighted by molar-refractivity contribution is 5.89. The Labute approximate surface area is 167 Å². The quantitative estimate of drug-likeness (QED) is 0.837. The van der Waals surface area contributed by atoms with E-state index in [0.29, 0.717) is 19.6 Å². The number of nitrogens with one attached hydrogen (secondary N) is 1. The predicted octanol–water partition coefficient (Wildman–Crippen LogP) is 3.48. The topological polar surface area (TPSA) is 49.4 Å². The smallest absolute Gasteiger partial charge is 0.232 e. The van der Waals surface area contributed by atoms with Gasteiger partial charge in [-0.3, -0.25) is 9.59 Å². The molecular weight excluding hydrogens is 348 g/mol. The predicted molar refractivity (Wildman–Crippen MR) is 112 cm³/mol. The standard InChI is InChI=1S/C24H30N2O2/c1-18-9-11-21(12-10-18)24(2,3)23(28)26-16-14-20(17-26)22(27)25-15-13-19-7-5-4-6-8-19/h4-12,20H,13-17H2,1-3H3,(H,25,27)/t20-/m0/s1. The fourth-order valence-electron chi connectivity index (χ4n) is 3.77. The molecule has 0 bridgehead atoms. The van der Waals surface area contributed by atoms with Gasteiger partial charge in [-0.05, 0) is 44.7 Å². The minimum atomic E-state index is -0.591. The van der Waals surface area contributed by atoms with E-state index in [1.54, 1.807) is 0 Å². The summed E-state index contributed by atoms with van der Waals surface area (Å²) in [6.07, 6.45) is 1.55. The third-order valence-electron chi connectivity index (χ3n) is 5.71. The molecule has 2 aromatic carbocycles. The molecule has 2 aromatic rings. The fourth-order valence-corrected chi connectivity index (χ4v) is 3.77. The number of rotatable bonds is 6. The highest BCUT2D eigenvalue weighted by atomic mass is 16.2. The van der Waals surface area contributed by atoms with Crippen LogP contribution in [0.3, 0.4) is 0 Å². The Hall–Kier alpha value is -2.62. The van der Waals surface area contributed by atoms with Crippen LogP contribution in [0.25, 0.3) is 0 Å². The second-order valence-electron chi connectivity index (χ2n) is 8.25. The van der Waals surface area contributed by atoms with Crippen LogP contribution < -0.4 is 5.32 Å². The molecule has 1 saturated heterocycles. The van der Waals surface area contributed by atoms with Crippen LogP contribution in [0.5, 0.6) is 0 Å². The van der Waals surface area contributed by atoms with Crippen LogP contribution in [0.1, 0.15) is 37.0 Å². The Morgan fingerprint density at radius 1 is 1.07 bits per heavy atom. The second kappa shape index (κ2) is 8.59. The van der Waals surface area contributed by atoms with Gasteiger partial charge >= 0.3 is 0 Å². The van der Waals surface area contributed by atoms with Crippen molar-refractivity contribution >= 4 is 11.8 Å². The Kier molecular flexibility index (Phi) is 6.18. The summed E-state index contributed by atoms with van der Waals surface area (Å²) < 4.78 is 0. The lowest BCUT2D eigenvalue weighted by Crippen LogP contribution is -2.43. The van der Waals surface area contributed by atoms with E-state index in [4.69, 9.17) is 0 Å². The fraction of sp³-hybridized carbons (Fsp3) is 0.417. The number of carbonyl (C=O) groups excluding carboxylic acids is 2. The number of benzene rings is 2. The van der Waals surface area contributed by atoms with E-state index in [9.17, 15) is 9.59 Å².